The molecule has 0 spiro atoms. The van der Waals surface area contributed by atoms with Crippen molar-refractivity contribution in [2.75, 3.05) is 13.1 Å². The van der Waals surface area contributed by atoms with Gasteiger partial charge in [-0.3, -0.25) is 10.4 Å². The van der Waals surface area contributed by atoms with Gasteiger partial charge in [-0.1, -0.05) is 40.0 Å². The number of hydrogen-bond acceptors (Lipinski definition) is 2. The van der Waals surface area contributed by atoms with Gasteiger partial charge in [0.05, 0.1) is 0 Å². The minimum atomic E-state index is 0.419. The van der Waals surface area contributed by atoms with Gasteiger partial charge in [0, 0.05) is 13.1 Å². The zero-order chi connectivity index (χ0) is 14.1. The highest BCUT2D eigenvalue weighted by Crippen LogP contribution is 2.43. The lowest BCUT2D eigenvalue weighted by Gasteiger charge is -2.29. The summed E-state index contributed by atoms with van der Waals surface area (Å²) in [6.45, 7) is 8.65. The predicted molar refractivity (Wildman–Crippen MR) is 82.9 cm³/mol. The fraction of sp³-hybridized carbons (Fsp3) is 0.933. The fourth-order valence-electron chi connectivity index (χ4n) is 3.20. The molecule has 1 aliphatic carbocycles. The number of nitrogens with zero attached hydrogens (tertiary/aromatic N) is 1. The van der Waals surface area contributed by atoms with Crippen molar-refractivity contribution in [2.45, 2.75) is 65.7 Å². The van der Waals surface area contributed by atoms with Crippen molar-refractivity contribution in [3.63, 3.8) is 0 Å². The van der Waals surface area contributed by atoms with Crippen LogP contribution >= 0.6 is 0 Å². The molecule has 0 amide bonds. The van der Waals surface area contributed by atoms with Gasteiger partial charge in [-0.05, 0) is 37.0 Å². The molecular formula is C15H32N4. The van der Waals surface area contributed by atoms with Crippen molar-refractivity contribution < 1.29 is 0 Å². The van der Waals surface area contributed by atoms with Crippen LogP contribution in [0.15, 0.2) is 4.99 Å². The summed E-state index contributed by atoms with van der Waals surface area (Å²) in [6, 6.07) is 0. The van der Waals surface area contributed by atoms with E-state index in [-0.39, 0.29) is 0 Å². The van der Waals surface area contributed by atoms with Gasteiger partial charge in [-0.25, -0.2) is 5.84 Å². The molecule has 0 heterocycles. The predicted octanol–water partition coefficient (Wildman–Crippen LogP) is 2.80. The average molecular weight is 268 g/mol. The molecule has 0 bridgehead atoms. The van der Waals surface area contributed by atoms with Gasteiger partial charge in [0.1, 0.15) is 0 Å². The van der Waals surface area contributed by atoms with E-state index in [1.165, 1.54) is 38.5 Å². The quantitative estimate of drug-likeness (QED) is 0.219. The van der Waals surface area contributed by atoms with Gasteiger partial charge in [0.15, 0.2) is 0 Å². The standard InChI is InChI=1S/C15H32N4/c1-4-5-10-17-14(19-16)18-12-15(11-13(2)3)8-6-7-9-15/h13H,4-12,16H2,1-3H3,(H2,17,18,19). The Kier molecular flexibility index (Phi) is 7.21. The first kappa shape index (κ1) is 16.3. The van der Waals surface area contributed by atoms with E-state index in [2.05, 4.69) is 31.5 Å². The highest BCUT2D eigenvalue weighted by atomic mass is 15.3. The topological polar surface area (TPSA) is 62.4 Å². The summed E-state index contributed by atoms with van der Waals surface area (Å²) < 4.78 is 0. The molecule has 19 heavy (non-hydrogen) atoms. The van der Waals surface area contributed by atoms with Crippen molar-refractivity contribution in [1.29, 1.82) is 0 Å². The zero-order valence-corrected chi connectivity index (χ0v) is 13.0. The molecule has 1 fully saturated rings. The molecule has 0 unspecified atom stereocenters. The minimum absolute atomic E-state index is 0.419. The number of unbranched alkanes of at least 4 members (excludes halogenated alkanes) is 1. The van der Waals surface area contributed by atoms with Crippen molar-refractivity contribution >= 4 is 5.96 Å². The maximum atomic E-state index is 5.54. The molecule has 0 aromatic carbocycles. The highest BCUT2D eigenvalue weighted by molar-refractivity contribution is 5.79. The van der Waals surface area contributed by atoms with Crippen molar-refractivity contribution in [3.8, 4) is 0 Å². The first-order chi connectivity index (χ1) is 9.12. The fourth-order valence-corrected chi connectivity index (χ4v) is 3.20. The van der Waals surface area contributed by atoms with Crippen LogP contribution in [0.5, 0.6) is 0 Å². The maximum absolute atomic E-state index is 5.54. The van der Waals surface area contributed by atoms with Gasteiger partial charge in [-0.15, -0.1) is 0 Å². The Balaban J connectivity index is 2.52. The number of nitrogens with one attached hydrogen (secondary N) is 2. The second kappa shape index (κ2) is 8.41. The monoisotopic (exact) mass is 268 g/mol. The molecule has 1 saturated carbocycles. The third-order valence-electron chi connectivity index (χ3n) is 4.04. The van der Waals surface area contributed by atoms with Gasteiger partial charge >= 0.3 is 0 Å². The summed E-state index contributed by atoms with van der Waals surface area (Å²) in [5.41, 5.74) is 3.11. The highest BCUT2D eigenvalue weighted by Gasteiger charge is 2.34. The molecule has 0 saturated heterocycles. The molecule has 0 atom stereocenters. The first-order valence-corrected chi connectivity index (χ1v) is 7.87. The molecule has 4 N–H and O–H groups in total. The van der Waals surface area contributed by atoms with Crippen LogP contribution in [0.2, 0.25) is 0 Å². The number of rotatable bonds is 7. The third kappa shape index (κ3) is 5.81. The summed E-state index contributed by atoms with van der Waals surface area (Å²) in [5.74, 6) is 7.04. The summed E-state index contributed by atoms with van der Waals surface area (Å²) in [7, 11) is 0. The number of aliphatic imine (C=N–C) groups is 1. The van der Waals surface area contributed by atoms with E-state index < -0.39 is 0 Å². The van der Waals surface area contributed by atoms with Crippen molar-refractivity contribution in [1.82, 2.24) is 10.7 Å². The smallest absolute Gasteiger partial charge is 0.205 e. The molecule has 1 rings (SSSR count). The normalized spacial score (nSPS) is 18.9. The molecule has 0 aliphatic heterocycles. The Morgan fingerprint density at radius 2 is 2.00 bits per heavy atom. The van der Waals surface area contributed by atoms with Gasteiger partial charge in [-0.2, -0.15) is 0 Å². The Labute approximate surface area is 118 Å². The van der Waals surface area contributed by atoms with Crippen molar-refractivity contribution in [3.05, 3.63) is 0 Å². The van der Waals surface area contributed by atoms with E-state index in [9.17, 15) is 0 Å². The van der Waals surface area contributed by atoms with Crippen molar-refractivity contribution in [2.24, 2.45) is 22.2 Å². The van der Waals surface area contributed by atoms with E-state index in [1.54, 1.807) is 0 Å². The Morgan fingerprint density at radius 1 is 1.32 bits per heavy atom. The Morgan fingerprint density at radius 3 is 2.53 bits per heavy atom. The minimum Gasteiger partial charge on any atom is -0.355 e. The summed E-state index contributed by atoms with van der Waals surface area (Å²) in [4.78, 5) is 4.69. The van der Waals surface area contributed by atoms with Gasteiger partial charge in [0.2, 0.25) is 5.96 Å². The third-order valence-corrected chi connectivity index (χ3v) is 4.04. The van der Waals surface area contributed by atoms with Crippen LogP contribution in [0.3, 0.4) is 0 Å². The van der Waals surface area contributed by atoms with E-state index in [0.29, 0.717) is 5.41 Å². The number of hydrogen-bond donors (Lipinski definition) is 3. The van der Waals surface area contributed by atoms with Gasteiger partial charge < -0.3 is 5.32 Å². The van der Waals surface area contributed by atoms with E-state index in [0.717, 1.165) is 31.4 Å². The zero-order valence-electron chi connectivity index (χ0n) is 13.0. The van der Waals surface area contributed by atoms with Crippen LogP contribution in [0, 0.1) is 11.3 Å². The average Bonchev–Trinajstić information content (AvgIpc) is 2.81. The van der Waals surface area contributed by atoms with E-state index in [4.69, 9.17) is 10.8 Å². The Hall–Kier alpha value is -0.770. The van der Waals surface area contributed by atoms with Crippen LogP contribution in [0.1, 0.15) is 65.7 Å². The van der Waals surface area contributed by atoms with Crippen LogP contribution in [0.25, 0.3) is 0 Å². The SMILES string of the molecule is CCCCNC(=NCC1(CC(C)C)CCCC1)NN. The van der Waals surface area contributed by atoms with Gasteiger partial charge in [0.25, 0.3) is 0 Å². The van der Waals surface area contributed by atoms with Crippen LogP contribution in [-0.2, 0) is 0 Å². The lowest BCUT2D eigenvalue weighted by molar-refractivity contribution is 0.245. The first-order valence-electron chi connectivity index (χ1n) is 7.87. The van der Waals surface area contributed by atoms with Crippen LogP contribution < -0.4 is 16.6 Å². The van der Waals surface area contributed by atoms with E-state index in [1.807, 2.05) is 0 Å². The Bertz CT molecular complexity index is 267. The summed E-state index contributed by atoms with van der Waals surface area (Å²) in [6.07, 6.45) is 8.97. The number of nitrogens with two attached hydrogens (primary N) is 1. The lowest BCUT2D eigenvalue weighted by atomic mass is 9.78. The van der Waals surface area contributed by atoms with E-state index >= 15 is 0 Å². The largest absolute Gasteiger partial charge is 0.355 e. The summed E-state index contributed by atoms with van der Waals surface area (Å²) in [5, 5.41) is 3.28. The lowest BCUT2D eigenvalue weighted by Crippen LogP contribution is -2.42. The number of guanidine groups is 1. The second-order valence-electron chi connectivity index (χ2n) is 6.39. The molecular weight excluding hydrogens is 236 g/mol. The maximum Gasteiger partial charge on any atom is 0.205 e. The second-order valence-corrected chi connectivity index (χ2v) is 6.39. The van der Waals surface area contributed by atoms with Crippen LogP contribution in [-0.4, -0.2) is 19.0 Å². The molecule has 4 heteroatoms. The number of hydrazine groups is 1. The molecule has 4 nitrogen and oxygen atoms in total. The molecule has 1 aliphatic rings. The van der Waals surface area contributed by atoms with Crippen LogP contribution in [0.4, 0.5) is 0 Å². The summed E-state index contributed by atoms with van der Waals surface area (Å²) >= 11 is 0. The molecule has 112 valence electrons. The molecule has 0 radical (unpaired) electrons. The molecule has 0 aromatic rings. The molecule has 0 aromatic heterocycles.